The Morgan fingerprint density at radius 3 is 2.43 bits per heavy atom. The fourth-order valence-electron chi connectivity index (χ4n) is 1.48. The van der Waals surface area contributed by atoms with E-state index >= 15 is 0 Å². The minimum Gasteiger partial charge on any atom is -0.494 e. The largest absolute Gasteiger partial charge is 0.494 e. The molecule has 0 aliphatic heterocycles. The Labute approximate surface area is 86.1 Å². The van der Waals surface area contributed by atoms with Crippen LogP contribution in [-0.2, 0) is 0 Å². The molecule has 1 aromatic carbocycles. The predicted octanol–water partition coefficient (Wildman–Crippen LogP) is 2.54. The summed E-state index contributed by atoms with van der Waals surface area (Å²) < 4.78 is 5.38. The molecule has 1 atom stereocenters. The first-order valence-electron chi connectivity index (χ1n) is 5.20. The minimum absolute atomic E-state index is 0.538. The number of hydrogen-bond acceptors (Lipinski definition) is 2. The topological polar surface area (TPSA) is 35.2 Å². The van der Waals surface area contributed by atoms with E-state index in [1.165, 1.54) is 5.56 Å². The van der Waals surface area contributed by atoms with E-state index < -0.39 is 0 Å². The molecule has 0 spiro atoms. The molecule has 0 aromatic heterocycles. The Morgan fingerprint density at radius 2 is 1.93 bits per heavy atom. The summed E-state index contributed by atoms with van der Waals surface area (Å²) in [6, 6.07) is 8.27. The molecule has 0 bridgehead atoms. The van der Waals surface area contributed by atoms with E-state index in [0.29, 0.717) is 5.92 Å². The lowest BCUT2D eigenvalue weighted by molar-refractivity contribution is 0.340. The highest BCUT2D eigenvalue weighted by molar-refractivity contribution is 5.29. The van der Waals surface area contributed by atoms with Gasteiger partial charge in [-0.25, -0.2) is 0 Å². The van der Waals surface area contributed by atoms with Crippen molar-refractivity contribution < 1.29 is 4.74 Å². The molecule has 0 aliphatic carbocycles. The fraction of sp³-hybridized carbons (Fsp3) is 0.500. The zero-order chi connectivity index (χ0) is 10.4. The summed E-state index contributed by atoms with van der Waals surface area (Å²) in [6.07, 6.45) is 1.04. The summed E-state index contributed by atoms with van der Waals surface area (Å²) in [4.78, 5) is 0. The summed E-state index contributed by atoms with van der Waals surface area (Å²) in [7, 11) is 0. The molecule has 0 aliphatic rings. The van der Waals surface area contributed by atoms with Crippen molar-refractivity contribution in [1.29, 1.82) is 0 Å². The maximum atomic E-state index is 5.52. The Kier molecular flexibility index (Phi) is 4.47. The molecule has 0 radical (unpaired) electrons. The minimum atomic E-state index is 0.538. The molecule has 0 amide bonds. The SMILES string of the molecule is CCOc1ccc([C@H](C)CCN)cc1. The second kappa shape index (κ2) is 5.66. The van der Waals surface area contributed by atoms with Gasteiger partial charge in [0, 0.05) is 0 Å². The highest BCUT2D eigenvalue weighted by atomic mass is 16.5. The zero-order valence-corrected chi connectivity index (χ0v) is 8.99. The number of nitrogens with two attached hydrogens (primary N) is 1. The van der Waals surface area contributed by atoms with Crippen molar-refractivity contribution in [2.75, 3.05) is 13.2 Å². The molecule has 2 heteroatoms. The molecular weight excluding hydrogens is 174 g/mol. The van der Waals surface area contributed by atoms with Gasteiger partial charge in [0.05, 0.1) is 6.61 Å². The fourth-order valence-corrected chi connectivity index (χ4v) is 1.48. The van der Waals surface area contributed by atoms with Gasteiger partial charge in [0.15, 0.2) is 0 Å². The lowest BCUT2D eigenvalue weighted by Crippen LogP contribution is -2.04. The van der Waals surface area contributed by atoms with Crippen molar-refractivity contribution >= 4 is 0 Å². The van der Waals surface area contributed by atoms with E-state index in [-0.39, 0.29) is 0 Å². The lowest BCUT2D eigenvalue weighted by atomic mass is 9.98. The molecule has 0 saturated carbocycles. The molecule has 0 heterocycles. The van der Waals surface area contributed by atoms with Gasteiger partial charge in [-0.1, -0.05) is 19.1 Å². The Bertz CT molecular complexity index is 256. The van der Waals surface area contributed by atoms with Crippen LogP contribution in [0.3, 0.4) is 0 Å². The highest BCUT2D eigenvalue weighted by Crippen LogP contribution is 2.21. The van der Waals surface area contributed by atoms with Crippen LogP contribution >= 0.6 is 0 Å². The van der Waals surface area contributed by atoms with Gasteiger partial charge in [0.25, 0.3) is 0 Å². The van der Waals surface area contributed by atoms with Crippen LogP contribution < -0.4 is 10.5 Å². The van der Waals surface area contributed by atoms with Gasteiger partial charge in [-0.05, 0) is 43.5 Å². The summed E-state index contributed by atoms with van der Waals surface area (Å²) in [5, 5.41) is 0. The normalized spacial score (nSPS) is 12.5. The molecule has 0 fully saturated rings. The van der Waals surface area contributed by atoms with E-state index in [1.54, 1.807) is 0 Å². The third-order valence-electron chi connectivity index (χ3n) is 2.36. The van der Waals surface area contributed by atoms with Crippen molar-refractivity contribution in [2.24, 2.45) is 5.73 Å². The second-order valence-corrected chi connectivity index (χ2v) is 3.48. The van der Waals surface area contributed by atoms with Crippen LogP contribution in [-0.4, -0.2) is 13.2 Å². The van der Waals surface area contributed by atoms with Crippen LogP contribution in [0.1, 0.15) is 31.7 Å². The first-order chi connectivity index (χ1) is 6.77. The van der Waals surface area contributed by atoms with Gasteiger partial charge in [-0.2, -0.15) is 0 Å². The molecule has 0 unspecified atom stereocenters. The van der Waals surface area contributed by atoms with Gasteiger partial charge in [-0.15, -0.1) is 0 Å². The van der Waals surface area contributed by atoms with Gasteiger partial charge >= 0.3 is 0 Å². The monoisotopic (exact) mass is 193 g/mol. The van der Waals surface area contributed by atoms with Crippen molar-refractivity contribution in [1.82, 2.24) is 0 Å². The van der Waals surface area contributed by atoms with E-state index in [0.717, 1.165) is 25.3 Å². The summed E-state index contributed by atoms with van der Waals surface area (Å²) in [6.45, 7) is 5.65. The zero-order valence-electron chi connectivity index (χ0n) is 8.99. The van der Waals surface area contributed by atoms with Gasteiger partial charge in [0.2, 0.25) is 0 Å². The summed E-state index contributed by atoms with van der Waals surface area (Å²) in [5.74, 6) is 1.48. The molecular formula is C12H19NO. The van der Waals surface area contributed by atoms with E-state index in [1.807, 2.05) is 19.1 Å². The third-order valence-corrected chi connectivity index (χ3v) is 2.36. The molecule has 78 valence electrons. The van der Waals surface area contributed by atoms with Crippen LogP contribution in [0, 0.1) is 0 Å². The lowest BCUT2D eigenvalue weighted by Gasteiger charge is -2.11. The Morgan fingerprint density at radius 1 is 1.29 bits per heavy atom. The van der Waals surface area contributed by atoms with Crippen LogP contribution in [0.25, 0.3) is 0 Å². The molecule has 0 saturated heterocycles. The van der Waals surface area contributed by atoms with Crippen LogP contribution in [0.2, 0.25) is 0 Å². The van der Waals surface area contributed by atoms with Gasteiger partial charge in [0.1, 0.15) is 5.75 Å². The first kappa shape index (κ1) is 11.1. The second-order valence-electron chi connectivity index (χ2n) is 3.48. The molecule has 1 aromatic rings. The van der Waals surface area contributed by atoms with Crippen LogP contribution in [0.15, 0.2) is 24.3 Å². The highest BCUT2D eigenvalue weighted by Gasteiger charge is 2.03. The van der Waals surface area contributed by atoms with Crippen LogP contribution in [0.5, 0.6) is 5.75 Å². The number of benzene rings is 1. The van der Waals surface area contributed by atoms with Crippen molar-refractivity contribution in [3.05, 3.63) is 29.8 Å². The number of hydrogen-bond donors (Lipinski definition) is 1. The standard InChI is InChI=1S/C12H19NO/c1-3-14-12-6-4-11(5-7-12)10(2)8-9-13/h4-7,10H,3,8-9,13H2,1-2H3/t10-/m1/s1. The van der Waals surface area contributed by atoms with Gasteiger partial charge in [-0.3, -0.25) is 0 Å². The van der Waals surface area contributed by atoms with E-state index in [4.69, 9.17) is 10.5 Å². The molecule has 1 rings (SSSR count). The predicted molar refractivity (Wildman–Crippen MR) is 59.7 cm³/mol. The average Bonchev–Trinajstić information content (AvgIpc) is 2.20. The molecule has 2 N–H and O–H groups in total. The molecule has 14 heavy (non-hydrogen) atoms. The van der Waals surface area contributed by atoms with E-state index in [9.17, 15) is 0 Å². The quantitative estimate of drug-likeness (QED) is 0.780. The molecule has 2 nitrogen and oxygen atoms in total. The Hall–Kier alpha value is -1.02. The maximum absolute atomic E-state index is 5.52. The smallest absolute Gasteiger partial charge is 0.119 e. The van der Waals surface area contributed by atoms with Crippen molar-refractivity contribution in [2.45, 2.75) is 26.2 Å². The van der Waals surface area contributed by atoms with Crippen molar-refractivity contribution in [3.8, 4) is 5.75 Å². The maximum Gasteiger partial charge on any atom is 0.119 e. The number of ether oxygens (including phenoxy) is 1. The first-order valence-corrected chi connectivity index (χ1v) is 5.20. The van der Waals surface area contributed by atoms with E-state index in [2.05, 4.69) is 19.1 Å². The average molecular weight is 193 g/mol. The summed E-state index contributed by atoms with van der Waals surface area (Å²) in [5.41, 5.74) is 6.85. The third kappa shape index (κ3) is 3.04. The van der Waals surface area contributed by atoms with Crippen molar-refractivity contribution in [3.63, 3.8) is 0 Å². The number of rotatable bonds is 5. The van der Waals surface area contributed by atoms with Crippen LogP contribution in [0.4, 0.5) is 0 Å². The Balaban J connectivity index is 2.62. The summed E-state index contributed by atoms with van der Waals surface area (Å²) >= 11 is 0. The van der Waals surface area contributed by atoms with Gasteiger partial charge < -0.3 is 10.5 Å².